The number of rotatable bonds is 4. The van der Waals surface area contributed by atoms with Crippen molar-refractivity contribution >= 4 is 0 Å². The van der Waals surface area contributed by atoms with Crippen LogP contribution in [0.1, 0.15) is 53.9 Å². The lowest BCUT2D eigenvalue weighted by molar-refractivity contribution is -0.0785. The zero-order valence-corrected chi connectivity index (χ0v) is 13.4. The monoisotopic (exact) mass is 268 g/mol. The number of fused-ring (bicyclic) bond motifs is 1. The Labute approximate surface area is 119 Å². The van der Waals surface area contributed by atoms with Gasteiger partial charge in [0.05, 0.1) is 12.7 Å². The first-order chi connectivity index (χ1) is 8.88. The second-order valence-electron chi connectivity index (χ2n) is 7.59. The van der Waals surface area contributed by atoms with E-state index in [-0.39, 0.29) is 5.54 Å². The molecular weight excluding hydrogens is 236 g/mol. The molecule has 3 heteroatoms. The van der Waals surface area contributed by atoms with Crippen LogP contribution in [0, 0.1) is 5.92 Å². The highest BCUT2D eigenvalue weighted by Gasteiger charge is 2.39. The minimum absolute atomic E-state index is 0.203. The van der Waals surface area contributed by atoms with Gasteiger partial charge in [0.2, 0.25) is 0 Å². The van der Waals surface area contributed by atoms with Crippen LogP contribution in [0.3, 0.4) is 0 Å². The van der Waals surface area contributed by atoms with Gasteiger partial charge in [0.1, 0.15) is 0 Å². The molecule has 0 amide bonds. The first kappa shape index (κ1) is 15.3. The van der Waals surface area contributed by atoms with Crippen molar-refractivity contribution in [3.05, 3.63) is 0 Å². The average molecular weight is 268 g/mol. The first-order valence-electron chi connectivity index (χ1n) is 8.01. The van der Waals surface area contributed by atoms with Crippen molar-refractivity contribution in [2.24, 2.45) is 5.92 Å². The summed E-state index contributed by atoms with van der Waals surface area (Å²) in [4.78, 5) is 2.74. The highest BCUT2D eigenvalue weighted by Crippen LogP contribution is 2.32. The molecular formula is C16H32N2O. The fourth-order valence-corrected chi connectivity index (χ4v) is 3.51. The first-order valence-corrected chi connectivity index (χ1v) is 8.01. The molecule has 2 rings (SSSR count). The molecule has 1 saturated heterocycles. The summed E-state index contributed by atoms with van der Waals surface area (Å²) in [6, 6.07) is 1.30. The Balaban J connectivity index is 2.01. The van der Waals surface area contributed by atoms with Gasteiger partial charge < -0.3 is 10.1 Å². The maximum absolute atomic E-state index is 5.95. The van der Waals surface area contributed by atoms with E-state index in [4.69, 9.17) is 4.74 Å². The standard InChI is InChI=1S/C16H32N2O/c1-12(2)14(11-17-16(3,4)5)18-9-10-19-15-8-6-7-13(15)18/h12-15,17H,6-11H2,1-5H3. The molecule has 1 N–H and O–H groups in total. The second-order valence-corrected chi connectivity index (χ2v) is 7.59. The summed E-state index contributed by atoms with van der Waals surface area (Å²) in [7, 11) is 0. The molecule has 0 aromatic carbocycles. The van der Waals surface area contributed by atoms with Gasteiger partial charge in [0, 0.05) is 30.7 Å². The van der Waals surface area contributed by atoms with Crippen molar-refractivity contribution in [2.75, 3.05) is 19.7 Å². The topological polar surface area (TPSA) is 24.5 Å². The summed E-state index contributed by atoms with van der Waals surface area (Å²) in [5.41, 5.74) is 0.203. The van der Waals surface area contributed by atoms with E-state index in [0.29, 0.717) is 24.1 Å². The number of morpholine rings is 1. The zero-order valence-electron chi connectivity index (χ0n) is 13.4. The third kappa shape index (κ3) is 3.93. The van der Waals surface area contributed by atoms with Gasteiger partial charge in [-0.15, -0.1) is 0 Å². The number of nitrogens with zero attached hydrogens (tertiary/aromatic N) is 1. The highest BCUT2D eigenvalue weighted by atomic mass is 16.5. The van der Waals surface area contributed by atoms with Gasteiger partial charge in [-0.3, -0.25) is 4.90 Å². The van der Waals surface area contributed by atoms with Crippen molar-refractivity contribution < 1.29 is 4.74 Å². The third-order valence-corrected chi connectivity index (χ3v) is 4.56. The zero-order chi connectivity index (χ0) is 14.0. The van der Waals surface area contributed by atoms with Gasteiger partial charge in [-0.2, -0.15) is 0 Å². The normalized spacial score (nSPS) is 30.6. The maximum atomic E-state index is 5.95. The maximum Gasteiger partial charge on any atom is 0.0731 e. The molecule has 1 saturated carbocycles. The van der Waals surface area contributed by atoms with E-state index in [1.807, 2.05) is 0 Å². The quantitative estimate of drug-likeness (QED) is 0.848. The number of nitrogens with one attached hydrogen (secondary N) is 1. The van der Waals surface area contributed by atoms with Crippen LogP contribution in [0.15, 0.2) is 0 Å². The Hall–Kier alpha value is -0.120. The molecule has 0 spiro atoms. The van der Waals surface area contributed by atoms with Crippen molar-refractivity contribution in [3.63, 3.8) is 0 Å². The molecule has 0 aromatic rings. The lowest BCUT2D eigenvalue weighted by atomic mass is 9.97. The molecule has 0 radical (unpaired) electrons. The molecule has 1 aliphatic carbocycles. The van der Waals surface area contributed by atoms with Crippen molar-refractivity contribution in [2.45, 2.75) is 77.6 Å². The van der Waals surface area contributed by atoms with Crippen LogP contribution in [0.4, 0.5) is 0 Å². The van der Waals surface area contributed by atoms with Crippen LogP contribution >= 0.6 is 0 Å². The smallest absolute Gasteiger partial charge is 0.0731 e. The van der Waals surface area contributed by atoms with E-state index < -0.39 is 0 Å². The number of ether oxygens (including phenoxy) is 1. The van der Waals surface area contributed by atoms with Crippen LogP contribution in [0.25, 0.3) is 0 Å². The molecule has 1 heterocycles. The highest BCUT2D eigenvalue weighted by molar-refractivity contribution is 4.94. The Morgan fingerprint density at radius 3 is 2.63 bits per heavy atom. The van der Waals surface area contributed by atoms with E-state index in [2.05, 4.69) is 44.8 Å². The van der Waals surface area contributed by atoms with Crippen molar-refractivity contribution in [1.29, 1.82) is 0 Å². The van der Waals surface area contributed by atoms with E-state index in [0.717, 1.165) is 19.7 Å². The molecule has 112 valence electrons. The van der Waals surface area contributed by atoms with Gasteiger partial charge >= 0.3 is 0 Å². The number of hydrogen-bond donors (Lipinski definition) is 1. The summed E-state index contributed by atoms with van der Waals surface area (Å²) >= 11 is 0. The minimum Gasteiger partial charge on any atom is -0.375 e. The summed E-state index contributed by atoms with van der Waals surface area (Å²) < 4.78 is 5.95. The Bertz CT molecular complexity index is 285. The molecule has 19 heavy (non-hydrogen) atoms. The lowest BCUT2D eigenvalue weighted by Crippen LogP contribution is -2.58. The molecule has 2 aliphatic rings. The van der Waals surface area contributed by atoms with Crippen LogP contribution in [-0.4, -0.2) is 48.3 Å². The Morgan fingerprint density at radius 1 is 1.26 bits per heavy atom. The summed E-state index contributed by atoms with van der Waals surface area (Å²) in [6.45, 7) is 14.6. The molecule has 3 unspecified atom stereocenters. The second kappa shape index (κ2) is 6.11. The predicted octanol–water partition coefficient (Wildman–Crippen LogP) is 2.65. The van der Waals surface area contributed by atoms with Crippen molar-refractivity contribution in [1.82, 2.24) is 10.2 Å². The summed E-state index contributed by atoms with van der Waals surface area (Å²) in [6.07, 6.45) is 4.43. The fraction of sp³-hybridized carbons (Fsp3) is 1.00. The Kier molecular flexibility index (Phi) is 4.91. The summed E-state index contributed by atoms with van der Waals surface area (Å²) in [5, 5.41) is 3.70. The summed E-state index contributed by atoms with van der Waals surface area (Å²) in [5.74, 6) is 0.689. The van der Waals surface area contributed by atoms with E-state index in [1.54, 1.807) is 0 Å². The average Bonchev–Trinajstić information content (AvgIpc) is 2.75. The number of hydrogen-bond acceptors (Lipinski definition) is 3. The van der Waals surface area contributed by atoms with Gasteiger partial charge in [-0.25, -0.2) is 0 Å². The fourth-order valence-electron chi connectivity index (χ4n) is 3.51. The largest absolute Gasteiger partial charge is 0.375 e. The molecule has 3 atom stereocenters. The predicted molar refractivity (Wildman–Crippen MR) is 80.5 cm³/mol. The molecule has 0 bridgehead atoms. The molecule has 0 aromatic heterocycles. The molecule has 3 nitrogen and oxygen atoms in total. The SMILES string of the molecule is CC(C)C(CNC(C)(C)C)N1CCOC2CCCC21. The van der Waals surface area contributed by atoms with Crippen LogP contribution in [0.2, 0.25) is 0 Å². The van der Waals surface area contributed by atoms with Crippen LogP contribution < -0.4 is 5.32 Å². The van der Waals surface area contributed by atoms with E-state index in [9.17, 15) is 0 Å². The molecule has 1 aliphatic heterocycles. The Morgan fingerprint density at radius 2 is 2.00 bits per heavy atom. The van der Waals surface area contributed by atoms with Crippen LogP contribution in [-0.2, 0) is 4.74 Å². The van der Waals surface area contributed by atoms with E-state index in [1.165, 1.54) is 19.3 Å². The van der Waals surface area contributed by atoms with E-state index >= 15 is 0 Å². The third-order valence-electron chi connectivity index (χ3n) is 4.56. The van der Waals surface area contributed by atoms with Gasteiger partial charge in [0.25, 0.3) is 0 Å². The molecule has 2 fully saturated rings. The van der Waals surface area contributed by atoms with Gasteiger partial charge in [-0.1, -0.05) is 13.8 Å². The van der Waals surface area contributed by atoms with Gasteiger partial charge in [-0.05, 0) is 46.0 Å². The van der Waals surface area contributed by atoms with Crippen molar-refractivity contribution in [3.8, 4) is 0 Å². The van der Waals surface area contributed by atoms with Crippen LogP contribution in [0.5, 0.6) is 0 Å². The lowest BCUT2D eigenvalue weighted by Gasteiger charge is -2.45. The van der Waals surface area contributed by atoms with Gasteiger partial charge in [0.15, 0.2) is 0 Å². The minimum atomic E-state index is 0.203.